The quantitative estimate of drug-likeness (QED) is 0.810. The Morgan fingerprint density at radius 2 is 1.71 bits per heavy atom. The zero-order chi connectivity index (χ0) is 14.8. The molecular formula is C18H19NO2. The molecule has 0 unspecified atom stereocenters. The molecule has 0 heterocycles. The summed E-state index contributed by atoms with van der Waals surface area (Å²) in [4.78, 5) is 14.5. The van der Waals surface area contributed by atoms with E-state index in [0.717, 1.165) is 12.0 Å². The van der Waals surface area contributed by atoms with Crippen molar-refractivity contribution < 1.29 is 9.53 Å². The Morgan fingerprint density at radius 3 is 2.43 bits per heavy atom. The van der Waals surface area contributed by atoms with Gasteiger partial charge in [-0.1, -0.05) is 42.5 Å². The van der Waals surface area contributed by atoms with Crippen molar-refractivity contribution in [1.82, 2.24) is 4.90 Å². The van der Waals surface area contributed by atoms with Crippen molar-refractivity contribution in [1.29, 1.82) is 0 Å². The van der Waals surface area contributed by atoms with E-state index in [0.29, 0.717) is 5.56 Å². The number of likely N-dealkylation sites (N-methyl/N-ethyl adjacent to an activating group) is 1. The molecule has 3 rings (SSSR count). The first-order chi connectivity index (χ1) is 10.2. The Labute approximate surface area is 125 Å². The van der Waals surface area contributed by atoms with Crippen molar-refractivity contribution in [2.24, 2.45) is 0 Å². The Hall–Kier alpha value is -2.13. The topological polar surface area (TPSA) is 29.5 Å². The number of hydrogen-bond donors (Lipinski definition) is 0. The minimum absolute atomic E-state index is 0.190. The predicted octanol–water partition coefficient (Wildman–Crippen LogP) is 3.07. The van der Waals surface area contributed by atoms with Crippen LogP contribution in [0.25, 0.3) is 0 Å². The summed E-state index contributed by atoms with van der Waals surface area (Å²) in [6.45, 7) is 0. The second-order valence-electron chi connectivity index (χ2n) is 5.63. The van der Waals surface area contributed by atoms with Crippen molar-refractivity contribution in [3.05, 3.63) is 71.3 Å². The van der Waals surface area contributed by atoms with E-state index < -0.39 is 0 Å². The molecule has 1 aliphatic rings. The third kappa shape index (κ3) is 2.69. The van der Waals surface area contributed by atoms with Crippen LogP contribution in [0.5, 0.6) is 0 Å². The molecule has 0 fully saturated rings. The Bertz CT molecular complexity index is 637. The molecule has 0 aromatic heterocycles. The number of carbonyl (C=O) groups is 1. The number of fused-ring (bicyclic) bond motifs is 1. The minimum Gasteiger partial charge on any atom is -0.452 e. The SMILES string of the molecule is CN(C)[C@H]1Cc2ccccc2[C@@H]1OC(=O)c1ccccc1. The summed E-state index contributed by atoms with van der Waals surface area (Å²) in [7, 11) is 4.06. The third-order valence-electron chi connectivity index (χ3n) is 4.05. The van der Waals surface area contributed by atoms with Crippen molar-refractivity contribution >= 4 is 5.97 Å². The molecular weight excluding hydrogens is 262 g/mol. The molecule has 2 aromatic rings. The third-order valence-corrected chi connectivity index (χ3v) is 4.05. The van der Waals surface area contributed by atoms with E-state index in [2.05, 4.69) is 17.0 Å². The van der Waals surface area contributed by atoms with Crippen molar-refractivity contribution in [2.45, 2.75) is 18.6 Å². The van der Waals surface area contributed by atoms with Gasteiger partial charge in [-0.2, -0.15) is 0 Å². The van der Waals surface area contributed by atoms with E-state index in [1.54, 1.807) is 12.1 Å². The Balaban J connectivity index is 1.87. The van der Waals surface area contributed by atoms with Crippen LogP contribution in [0.1, 0.15) is 27.6 Å². The maximum atomic E-state index is 12.3. The van der Waals surface area contributed by atoms with Gasteiger partial charge in [-0.15, -0.1) is 0 Å². The van der Waals surface area contributed by atoms with Crippen molar-refractivity contribution in [3.63, 3.8) is 0 Å². The molecule has 0 aliphatic heterocycles. The number of benzene rings is 2. The molecule has 0 N–H and O–H groups in total. The maximum Gasteiger partial charge on any atom is 0.338 e. The van der Waals surface area contributed by atoms with Crippen LogP contribution >= 0.6 is 0 Å². The monoisotopic (exact) mass is 281 g/mol. The number of ether oxygens (including phenoxy) is 1. The van der Waals surface area contributed by atoms with E-state index in [1.807, 2.05) is 44.4 Å². The number of carbonyl (C=O) groups excluding carboxylic acids is 1. The van der Waals surface area contributed by atoms with Gasteiger partial charge in [0.25, 0.3) is 0 Å². The molecule has 1 aliphatic carbocycles. The molecule has 2 atom stereocenters. The van der Waals surface area contributed by atoms with Gasteiger partial charge in [0.05, 0.1) is 11.6 Å². The van der Waals surface area contributed by atoms with Gasteiger partial charge in [-0.3, -0.25) is 0 Å². The highest BCUT2D eigenvalue weighted by atomic mass is 16.5. The lowest BCUT2D eigenvalue weighted by molar-refractivity contribution is 0.0108. The summed E-state index contributed by atoms with van der Waals surface area (Å²) >= 11 is 0. The zero-order valence-electron chi connectivity index (χ0n) is 12.3. The molecule has 108 valence electrons. The number of nitrogens with zero attached hydrogens (tertiary/aromatic N) is 1. The van der Waals surface area contributed by atoms with Gasteiger partial charge < -0.3 is 9.64 Å². The molecule has 3 heteroatoms. The van der Waals surface area contributed by atoms with Crippen LogP contribution in [-0.4, -0.2) is 31.0 Å². The molecule has 0 radical (unpaired) electrons. The van der Waals surface area contributed by atoms with Gasteiger partial charge in [-0.25, -0.2) is 4.79 Å². The summed E-state index contributed by atoms with van der Waals surface area (Å²) in [6.07, 6.45) is 0.708. The molecule has 0 amide bonds. The molecule has 0 saturated heterocycles. The van der Waals surface area contributed by atoms with Gasteiger partial charge in [0.1, 0.15) is 6.10 Å². The Kier molecular flexibility index (Phi) is 3.76. The predicted molar refractivity (Wildman–Crippen MR) is 82.2 cm³/mol. The average molecular weight is 281 g/mol. The molecule has 21 heavy (non-hydrogen) atoms. The summed E-state index contributed by atoms with van der Waals surface area (Å²) in [5.74, 6) is -0.260. The van der Waals surface area contributed by atoms with Crippen LogP contribution in [0, 0.1) is 0 Å². The molecule has 2 aromatic carbocycles. The lowest BCUT2D eigenvalue weighted by atomic mass is 10.1. The van der Waals surface area contributed by atoms with Crippen LogP contribution in [0.4, 0.5) is 0 Å². The van der Waals surface area contributed by atoms with E-state index in [4.69, 9.17) is 4.74 Å². The standard InChI is InChI=1S/C18H19NO2/c1-19(2)16-12-14-10-6-7-11-15(14)17(16)21-18(20)13-8-4-3-5-9-13/h3-11,16-17H,12H2,1-2H3/t16-,17-/m0/s1. The first kappa shape index (κ1) is 13.8. The van der Waals surface area contributed by atoms with Crippen molar-refractivity contribution in [2.75, 3.05) is 14.1 Å². The first-order valence-corrected chi connectivity index (χ1v) is 7.17. The summed E-state index contributed by atoms with van der Waals surface area (Å²) in [5, 5.41) is 0. The fourth-order valence-corrected chi connectivity index (χ4v) is 2.89. The molecule has 3 nitrogen and oxygen atoms in total. The lowest BCUT2D eigenvalue weighted by Gasteiger charge is -2.26. The molecule has 0 saturated carbocycles. The normalized spacial score (nSPS) is 20.3. The van der Waals surface area contributed by atoms with E-state index >= 15 is 0 Å². The molecule has 0 bridgehead atoms. The van der Waals surface area contributed by atoms with Crippen LogP contribution in [0.2, 0.25) is 0 Å². The van der Waals surface area contributed by atoms with Gasteiger partial charge in [0, 0.05) is 0 Å². The van der Waals surface area contributed by atoms with Crippen LogP contribution < -0.4 is 0 Å². The highest BCUT2D eigenvalue weighted by molar-refractivity contribution is 5.89. The summed E-state index contributed by atoms with van der Waals surface area (Å²) in [6, 6.07) is 17.6. The largest absolute Gasteiger partial charge is 0.452 e. The Morgan fingerprint density at radius 1 is 1.05 bits per heavy atom. The van der Waals surface area contributed by atoms with Gasteiger partial charge in [-0.05, 0) is 43.8 Å². The minimum atomic E-state index is -0.260. The maximum absolute atomic E-state index is 12.3. The summed E-state index contributed by atoms with van der Waals surface area (Å²) in [5.41, 5.74) is 2.99. The van der Waals surface area contributed by atoms with Crippen molar-refractivity contribution in [3.8, 4) is 0 Å². The molecule has 0 spiro atoms. The highest BCUT2D eigenvalue weighted by Gasteiger charge is 2.36. The summed E-state index contributed by atoms with van der Waals surface area (Å²) < 4.78 is 5.82. The van der Waals surface area contributed by atoms with Gasteiger partial charge in [0.15, 0.2) is 0 Å². The second-order valence-corrected chi connectivity index (χ2v) is 5.63. The number of esters is 1. The van der Waals surface area contributed by atoms with E-state index in [-0.39, 0.29) is 18.1 Å². The van der Waals surface area contributed by atoms with Crippen LogP contribution in [0.3, 0.4) is 0 Å². The smallest absolute Gasteiger partial charge is 0.338 e. The first-order valence-electron chi connectivity index (χ1n) is 7.17. The van der Waals surface area contributed by atoms with Crippen LogP contribution in [-0.2, 0) is 11.2 Å². The van der Waals surface area contributed by atoms with E-state index in [9.17, 15) is 4.79 Å². The highest BCUT2D eigenvalue weighted by Crippen LogP contribution is 2.36. The number of hydrogen-bond acceptors (Lipinski definition) is 3. The fraction of sp³-hybridized carbons (Fsp3) is 0.278. The fourth-order valence-electron chi connectivity index (χ4n) is 2.89. The van der Waals surface area contributed by atoms with Gasteiger partial charge >= 0.3 is 5.97 Å². The van der Waals surface area contributed by atoms with E-state index in [1.165, 1.54) is 5.56 Å². The van der Waals surface area contributed by atoms with Gasteiger partial charge in [0.2, 0.25) is 0 Å². The zero-order valence-corrected chi connectivity index (χ0v) is 12.3. The van der Waals surface area contributed by atoms with Crippen LogP contribution in [0.15, 0.2) is 54.6 Å². The average Bonchev–Trinajstić information content (AvgIpc) is 2.87. The number of rotatable bonds is 3. The second kappa shape index (κ2) is 5.70. The lowest BCUT2D eigenvalue weighted by Crippen LogP contribution is -2.34.